The molecule has 0 radical (unpaired) electrons. The second-order valence-electron chi connectivity index (χ2n) is 10.2. The lowest BCUT2D eigenvalue weighted by Crippen LogP contribution is -2.52. The third kappa shape index (κ3) is 6.10. The van der Waals surface area contributed by atoms with Crippen molar-refractivity contribution in [3.05, 3.63) is 47.2 Å². The Morgan fingerprint density at radius 1 is 1.15 bits per heavy atom. The van der Waals surface area contributed by atoms with Crippen LogP contribution in [0.3, 0.4) is 0 Å². The van der Waals surface area contributed by atoms with E-state index in [9.17, 15) is 27.5 Å². The van der Waals surface area contributed by atoms with Crippen LogP contribution in [0.15, 0.2) is 24.5 Å². The molecule has 1 aromatic carbocycles. The van der Waals surface area contributed by atoms with E-state index in [0.29, 0.717) is 64.6 Å². The minimum atomic E-state index is -5.02. The number of fused-ring (bicyclic) bond motifs is 1. The van der Waals surface area contributed by atoms with Gasteiger partial charge in [-0.25, -0.2) is 14.4 Å². The molecular formula is C26H31F4N5O4. The van der Waals surface area contributed by atoms with E-state index in [1.807, 2.05) is 11.8 Å². The van der Waals surface area contributed by atoms with Gasteiger partial charge < -0.3 is 24.4 Å². The predicted molar refractivity (Wildman–Crippen MR) is 132 cm³/mol. The van der Waals surface area contributed by atoms with Crippen LogP contribution in [-0.2, 0) is 9.53 Å². The van der Waals surface area contributed by atoms with Gasteiger partial charge >= 0.3 is 6.36 Å². The molecule has 0 spiro atoms. The Kier molecular flexibility index (Phi) is 7.92. The molecule has 1 N–H and O–H groups in total. The maximum absolute atomic E-state index is 14.6. The van der Waals surface area contributed by atoms with Gasteiger partial charge in [-0.05, 0) is 30.0 Å². The summed E-state index contributed by atoms with van der Waals surface area (Å²) < 4.78 is 61.7. The monoisotopic (exact) mass is 553 g/mol. The maximum atomic E-state index is 14.6. The lowest BCUT2D eigenvalue weighted by Gasteiger charge is -2.39. The Morgan fingerprint density at radius 2 is 1.87 bits per heavy atom. The summed E-state index contributed by atoms with van der Waals surface area (Å²) in [6.07, 6.45) is -3.60. The van der Waals surface area contributed by atoms with E-state index >= 15 is 0 Å². The van der Waals surface area contributed by atoms with Gasteiger partial charge in [0, 0.05) is 51.4 Å². The molecule has 2 aliphatic heterocycles. The quantitative estimate of drug-likeness (QED) is 0.547. The molecule has 2 fully saturated rings. The van der Waals surface area contributed by atoms with E-state index in [-0.39, 0.29) is 23.9 Å². The fraction of sp³-hybridized carbons (Fsp3) is 0.577. The molecule has 3 atom stereocenters. The number of carbonyl (C=O) groups excluding carboxylic acids is 1. The summed E-state index contributed by atoms with van der Waals surface area (Å²) in [4.78, 5) is 28.4. The second-order valence-corrected chi connectivity index (χ2v) is 10.2. The third-order valence-electron chi connectivity index (χ3n) is 7.60. The first-order valence-electron chi connectivity index (χ1n) is 13.0. The highest BCUT2D eigenvalue weighted by atomic mass is 19.4. The number of rotatable bonds is 6. The highest BCUT2D eigenvalue weighted by Crippen LogP contribution is 2.43. The summed E-state index contributed by atoms with van der Waals surface area (Å²) in [6.45, 7) is 6.32. The number of hydrogen-bond acceptors (Lipinski definition) is 8. The van der Waals surface area contributed by atoms with Crippen LogP contribution < -0.4 is 9.64 Å². The third-order valence-corrected chi connectivity index (χ3v) is 7.60. The summed E-state index contributed by atoms with van der Waals surface area (Å²) in [7, 11) is 0. The van der Waals surface area contributed by atoms with Gasteiger partial charge in [-0.3, -0.25) is 9.69 Å². The Morgan fingerprint density at radius 3 is 2.54 bits per heavy atom. The topological polar surface area (TPSA) is 91.3 Å². The zero-order chi connectivity index (χ0) is 27.7. The minimum absolute atomic E-state index is 0.114. The van der Waals surface area contributed by atoms with Gasteiger partial charge in [-0.2, -0.15) is 0 Å². The van der Waals surface area contributed by atoms with Gasteiger partial charge in [-0.1, -0.05) is 13.0 Å². The number of benzene rings is 1. The molecule has 0 bridgehead atoms. The van der Waals surface area contributed by atoms with Crippen molar-refractivity contribution in [1.82, 2.24) is 19.8 Å². The zero-order valence-electron chi connectivity index (χ0n) is 21.5. The van der Waals surface area contributed by atoms with Crippen molar-refractivity contribution < 1.29 is 36.9 Å². The fourth-order valence-electron chi connectivity index (χ4n) is 5.62. The van der Waals surface area contributed by atoms with Crippen LogP contribution in [0.2, 0.25) is 0 Å². The normalized spacial score (nSPS) is 23.0. The lowest BCUT2D eigenvalue weighted by molar-refractivity contribution is -0.275. The van der Waals surface area contributed by atoms with Crippen LogP contribution in [0.25, 0.3) is 0 Å². The van der Waals surface area contributed by atoms with Gasteiger partial charge in [0.25, 0.3) is 0 Å². The summed E-state index contributed by atoms with van der Waals surface area (Å²) >= 11 is 0. The zero-order valence-corrected chi connectivity index (χ0v) is 21.5. The van der Waals surface area contributed by atoms with Gasteiger partial charge in [0.15, 0.2) is 11.6 Å². The number of morpholine rings is 1. The number of carbonyl (C=O) groups is 1. The van der Waals surface area contributed by atoms with E-state index in [2.05, 4.69) is 19.6 Å². The van der Waals surface area contributed by atoms with Crippen molar-refractivity contribution in [2.75, 3.05) is 63.9 Å². The maximum Gasteiger partial charge on any atom is 0.573 e. The number of halogens is 4. The van der Waals surface area contributed by atoms with Gasteiger partial charge in [0.05, 0.1) is 30.9 Å². The molecule has 5 rings (SSSR count). The van der Waals surface area contributed by atoms with Crippen molar-refractivity contribution in [2.45, 2.75) is 37.6 Å². The molecule has 1 unspecified atom stereocenters. The number of ether oxygens (including phenoxy) is 2. The second kappa shape index (κ2) is 11.2. The number of aromatic nitrogens is 2. The average Bonchev–Trinajstić information content (AvgIpc) is 3.21. The first-order valence-corrected chi connectivity index (χ1v) is 13.0. The number of anilines is 1. The Labute approximate surface area is 223 Å². The molecule has 212 valence electrons. The van der Waals surface area contributed by atoms with Crippen molar-refractivity contribution in [3.63, 3.8) is 0 Å². The van der Waals surface area contributed by atoms with E-state index in [1.54, 1.807) is 4.90 Å². The fourth-order valence-corrected chi connectivity index (χ4v) is 5.62. The first-order chi connectivity index (χ1) is 18.6. The largest absolute Gasteiger partial charge is 0.573 e. The summed E-state index contributed by atoms with van der Waals surface area (Å²) in [5.41, 5.74) is 1.88. The molecule has 9 nitrogen and oxygen atoms in total. The van der Waals surface area contributed by atoms with Crippen molar-refractivity contribution >= 4 is 11.7 Å². The molecule has 1 aromatic heterocycles. The number of amides is 1. The smallest absolute Gasteiger partial charge is 0.403 e. The first kappa shape index (κ1) is 27.5. The molecule has 3 heterocycles. The van der Waals surface area contributed by atoms with Crippen LogP contribution >= 0.6 is 0 Å². The Balaban J connectivity index is 1.33. The summed E-state index contributed by atoms with van der Waals surface area (Å²) in [5.74, 6) is -2.23. The van der Waals surface area contributed by atoms with Crippen LogP contribution in [0.5, 0.6) is 5.75 Å². The number of hydrogen-bond donors (Lipinski definition) is 1. The van der Waals surface area contributed by atoms with Crippen molar-refractivity contribution in [1.29, 1.82) is 0 Å². The van der Waals surface area contributed by atoms with E-state index < -0.39 is 30.0 Å². The molecule has 3 aliphatic rings. The molecule has 0 saturated carbocycles. The summed E-state index contributed by atoms with van der Waals surface area (Å²) in [6, 6.07) is 3.19. The molecule has 1 amide bonds. The average molecular weight is 554 g/mol. The minimum Gasteiger partial charge on any atom is -0.403 e. The number of aliphatic hydroxyl groups is 1. The highest BCUT2D eigenvalue weighted by molar-refractivity contribution is 5.84. The van der Waals surface area contributed by atoms with E-state index in [1.165, 1.54) is 12.4 Å². The van der Waals surface area contributed by atoms with Gasteiger partial charge in [0.1, 0.15) is 12.1 Å². The molecule has 2 saturated heterocycles. The molecule has 1 aliphatic carbocycles. The summed E-state index contributed by atoms with van der Waals surface area (Å²) in [5, 5.41) is 10.3. The Hall–Kier alpha value is -3.03. The number of alkyl halides is 3. The van der Waals surface area contributed by atoms with Gasteiger partial charge in [-0.15, -0.1) is 13.2 Å². The van der Waals surface area contributed by atoms with Crippen LogP contribution in [0.4, 0.5) is 23.4 Å². The SMILES string of the molecule is C[C@@H]1C[C@@H](O)c2ncnc(N3CCN(C(=O)C(CN4CCOCC4)c4ccc(OC(F)(F)F)c(F)c4)CC3)c21. The predicted octanol–water partition coefficient (Wildman–Crippen LogP) is 2.82. The molecule has 13 heteroatoms. The highest BCUT2D eigenvalue weighted by Gasteiger charge is 2.36. The standard InChI is InChI=1S/C26H31F4N5O4/c1-16-12-20(36)23-22(16)24(32-15-31-23)34-4-6-35(7-5-34)25(37)18(14-33-8-10-38-11-9-33)17-2-3-21(19(27)13-17)39-26(28,29)30/h2-3,13,15-16,18,20,36H,4-12,14H2,1H3/t16-,18?,20-/m1/s1. The van der Waals surface area contributed by atoms with Gasteiger partial charge in [0.2, 0.25) is 5.91 Å². The van der Waals surface area contributed by atoms with E-state index in [4.69, 9.17) is 4.74 Å². The lowest BCUT2D eigenvalue weighted by atomic mass is 9.95. The number of nitrogens with zero attached hydrogens (tertiary/aromatic N) is 5. The van der Waals surface area contributed by atoms with E-state index in [0.717, 1.165) is 23.5 Å². The van der Waals surface area contributed by atoms with Crippen LogP contribution in [0.1, 0.15) is 48.1 Å². The molecule has 2 aromatic rings. The number of aliphatic hydroxyl groups excluding tert-OH is 1. The molecular weight excluding hydrogens is 522 g/mol. The van der Waals surface area contributed by atoms with Crippen molar-refractivity contribution in [2.24, 2.45) is 0 Å². The Bertz CT molecular complexity index is 1190. The van der Waals surface area contributed by atoms with Crippen molar-refractivity contribution in [3.8, 4) is 5.75 Å². The number of piperazine rings is 1. The van der Waals surface area contributed by atoms with Crippen LogP contribution in [0, 0.1) is 5.82 Å². The molecule has 39 heavy (non-hydrogen) atoms. The van der Waals surface area contributed by atoms with Crippen LogP contribution in [-0.4, -0.2) is 96.2 Å².